The van der Waals surface area contributed by atoms with Crippen LogP contribution in [0.15, 0.2) is 0 Å². The smallest absolute Gasteiger partial charge is 0.404 e. The van der Waals surface area contributed by atoms with Crippen LogP contribution in [0.5, 0.6) is 0 Å². The lowest BCUT2D eigenvalue weighted by molar-refractivity contribution is 0.157. The minimum atomic E-state index is -0.809. The predicted octanol–water partition coefficient (Wildman–Crippen LogP) is -1.87. The van der Waals surface area contributed by atoms with E-state index in [1.54, 1.807) is 13.8 Å². The van der Waals surface area contributed by atoms with Gasteiger partial charge in [-0.1, -0.05) is 0 Å². The Balaban J connectivity index is 0. The SMILES string of the molecule is CCOC(=O)N[SiH2]O[SiH3].CCOC(N)=O. The van der Waals surface area contributed by atoms with E-state index in [1.165, 1.54) is 0 Å². The number of amides is 2. The van der Waals surface area contributed by atoms with Crippen molar-refractivity contribution in [1.29, 1.82) is 0 Å². The average molecular weight is 254 g/mol. The molecule has 15 heavy (non-hydrogen) atoms. The molecule has 0 bridgehead atoms. The summed E-state index contributed by atoms with van der Waals surface area (Å²) in [6.07, 6.45) is -1.07. The molecular weight excluding hydrogens is 236 g/mol. The highest BCUT2D eigenvalue weighted by atomic mass is 28.3. The molecule has 0 aliphatic carbocycles. The van der Waals surface area contributed by atoms with E-state index in [0.717, 1.165) is 0 Å². The zero-order valence-corrected chi connectivity index (χ0v) is 12.7. The Bertz CT molecular complexity index is 181. The van der Waals surface area contributed by atoms with Crippen LogP contribution in [0.25, 0.3) is 0 Å². The summed E-state index contributed by atoms with van der Waals surface area (Å²) in [6, 6.07) is 0. The third-order valence-electron chi connectivity index (χ3n) is 0.923. The molecule has 0 rings (SSSR count). The molecule has 0 radical (unpaired) electrons. The van der Waals surface area contributed by atoms with Gasteiger partial charge in [0.15, 0.2) is 0 Å². The molecule has 0 spiro atoms. The molecule has 0 aromatic carbocycles. The molecule has 0 aromatic heterocycles. The summed E-state index contributed by atoms with van der Waals surface area (Å²) in [6.45, 7) is 4.24. The zero-order valence-electron chi connectivity index (χ0n) is 9.24. The topological polar surface area (TPSA) is 99.9 Å². The predicted molar refractivity (Wildman–Crippen MR) is 60.9 cm³/mol. The third-order valence-corrected chi connectivity index (χ3v) is 2.51. The number of carbonyl (C=O) groups is 2. The molecular formula is C6H18N2O5Si2. The van der Waals surface area contributed by atoms with Crippen LogP contribution in [-0.4, -0.2) is 45.8 Å². The Hall–Kier alpha value is -1.07. The molecule has 0 aliphatic heterocycles. The second kappa shape index (κ2) is 12.9. The third kappa shape index (κ3) is 19.4. The fourth-order valence-corrected chi connectivity index (χ4v) is 1.25. The molecule has 0 saturated heterocycles. The summed E-state index contributed by atoms with van der Waals surface area (Å²) in [7, 11) is -0.119. The van der Waals surface area contributed by atoms with Gasteiger partial charge in [-0.25, -0.2) is 9.59 Å². The van der Waals surface area contributed by atoms with Crippen LogP contribution in [0.2, 0.25) is 0 Å². The lowest BCUT2D eigenvalue weighted by atomic mass is 10.9. The van der Waals surface area contributed by atoms with Crippen LogP contribution in [-0.2, 0) is 13.6 Å². The van der Waals surface area contributed by atoms with E-state index in [1.807, 2.05) is 0 Å². The van der Waals surface area contributed by atoms with Crippen LogP contribution >= 0.6 is 0 Å². The van der Waals surface area contributed by atoms with Crippen molar-refractivity contribution in [3.8, 4) is 0 Å². The van der Waals surface area contributed by atoms with Crippen molar-refractivity contribution in [2.45, 2.75) is 13.8 Å². The monoisotopic (exact) mass is 254 g/mol. The molecule has 0 unspecified atom stereocenters. The van der Waals surface area contributed by atoms with Crippen LogP contribution in [0.3, 0.4) is 0 Å². The first-order chi connectivity index (χ1) is 7.08. The molecule has 3 N–H and O–H groups in total. The van der Waals surface area contributed by atoms with Crippen molar-refractivity contribution < 1.29 is 23.2 Å². The number of hydrogen-bond donors (Lipinski definition) is 2. The Labute approximate surface area is 94.2 Å². The first-order valence-corrected chi connectivity index (χ1v) is 6.50. The Morgan fingerprint density at radius 2 is 1.87 bits per heavy atom. The van der Waals surface area contributed by atoms with Gasteiger partial charge in [0.2, 0.25) is 0 Å². The minimum absolute atomic E-state index is 0.356. The lowest BCUT2D eigenvalue weighted by Gasteiger charge is -2.01. The molecule has 90 valence electrons. The van der Waals surface area contributed by atoms with E-state index < -0.39 is 16.0 Å². The number of nitrogens with one attached hydrogen (secondary N) is 1. The molecule has 0 fully saturated rings. The zero-order chi connectivity index (χ0) is 12.1. The van der Waals surface area contributed by atoms with Crippen molar-refractivity contribution in [2.24, 2.45) is 5.73 Å². The number of hydrogen-bond acceptors (Lipinski definition) is 5. The van der Waals surface area contributed by atoms with Crippen LogP contribution < -0.4 is 10.7 Å². The number of carbonyl (C=O) groups excluding carboxylic acids is 2. The summed E-state index contributed by atoms with van der Waals surface area (Å²) in [5.41, 5.74) is 4.54. The largest absolute Gasteiger partial charge is 0.453 e. The lowest BCUT2D eigenvalue weighted by Crippen LogP contribution is -2.29. The maximum atomic E-state index is 10.4. The molecule has 0 aromatic rings. The van der Waals surface area contributed by atoms with Gasteiger partial charge < -0.3 is 24.3 Å². The molecule has 9 heteroatoms. The summed E-state index contributed by atoms with van der Waals surface area (Å²) < 4.78 is 13.6. The Morgan fingerprint density at radius 3 is 2.13 bits per heavy atom. The fraction of sp³-hybridized carbons (Fsp3) is 0.667. The molecule has 0 saturated carbocycles. The van der Waals surface area contributed by atoms with Crippen molar-refractivity contribution in [3.05, 3.63) is 0 Å². The standard InChI is InChI=1S/C3H11NO3Si2.C3H7NO2/c1-2-6-3(5)4-9-7-8;1-2-6-3(4)5/h2,9H2,1,8H3,(H,4,5);2H2,1H3,(H2,4,5). The second-order valence-electron chi connectivity index (χ2n) is 2.08. The fourth-order valence-electron chi connectivity index (χ4n) is 0.455. The van der Waals surface area contributed by atoms with Gasteiger partial charge in [0.1, 0.15) is 10.5 Å². The van der Waals surface area contributed by atoms with Crippen LogP contribution in [0.1, 0.15) is 13.8 Å². The van der Waals surface area contributed by atoms with Crippen molar-refractivity contribution >= 4 is 32.6 Å². The average Bonchev–Trinajstić information content (AvgIpc) is 2.16. The number of nitrogens with two attached hydrogens (primary N) is 1. The first-order valence-electron chi connectivity index (χ1n) is 4.40. The van der Waals surface area contributed by atoms with Crippen LogP contribution in [0, 0.1) is 0 Å². The summed E-state index contributed by atoms with van der Waals surface area (Å²) >= 11 is 0. The molecule has 0 heterocycles. The van der Waals surface area contributed by atoms with Gasteiger partial charge in [-0.3, -0.25) is 0 Å². The van der Waals surface area contributed by atoms with Gasteiger partial charge in [-0.05, 0) is 13.8 Å². The molecule has 0 aliphatic rings. The normalized spacial score (nSPS) is 9.20. The summed E-state index contributed by atoms with van der Waals surface area (Å²) in [5, 5.41) is 0. The van der Waals surface area contributed by atoms with Crippen LogP contribution in [0.4, 0.5) is 9.59 Å². The minimum Gasteiger partial charge on any atom is -0.453 e. The van der Waals surface area contributed by atoms with E-state index in [-0.39, 0.29) is 6.09 Å². The van der Waals surface area contributed by atoms with E-state index in [0.29, 0.717) is 23.7 Å². The molecule has 2 amide bonds. The van der Waals surface area contributed by atoms with Gasteiger partial charge in [-0.2, -0.15) is 0 Å². The van der Waals surface area contributed by atoms with Crippen molar-refractivity contribution in [3.63, 3.8) is 0 Å². The maximum Gasteiger partial charge on any atom is 0.404 e. The highest BCUT2D eigenvalue weighted by Gasteiger charge is 1.95. The Kier molecular flexibility index (Phi) is 14.1. The first kappa shape index (κ1) is 16.4. The van der Waals surface area contributed by atoms with E-state index in [4.69, 9.17) is 4.12 Å². The number of primary amides is 1. The van der Waals surface area contributed by atoms with Gasteiger partial charge in [0.05, 0.1) is 13.2 Å². The second-order valence-corrected chi connectivity index (χ2v) is 5.03. The van der Waals surface area contributed by atoms with Gasteiger partial charge in [0.25, 0.3) is 9.92 Å². The van der Waals surface area contributed by atoms with E-state index in [2.05, 4.69) is 20.2 Å². The maximum absolute atomic E-state index is 10.4. The van der Waals surface area contributed by atoms with Crippen molar-refractivity contribution in [1.82, 2.24) is 4.98 Å². The molecule has 7 nitrogen and oxygen atoms in total. The van der Waals surface area contributed by atoms with E-state index >= 15 is 0 Å². The number of ether oxygens (including phenoxy) is 2. The highest BCUT2D eigenvalue weighted by Crippen LogP contribution is 1.72. The van der Waals surface area contributed by atoms with Gasteiger partial charge >= 0.3 is 12.2 Å². The van der Waals surface area contributed by atoms with Gasteiger partial charge in [-0.15, -0.1) is 0 Å². The Morgan fingerprint density at radius 1 is 1.33 bits per heavy atom. The number of rotatable bonds is 4. The van der Waals surface area contributed by atoms with Crippen molar-refractivity contribution in [2.75, 3.05) is 13.2 Å². The molecule has 0 atom stereocenters. The quantitative estimate of drug-likeness (QED) is 0.573. The van der Waals surface area contributed by atoms with E-state index in [9.17, 15) is 9.59 Å². The summed E-state index contributed by atoms with van der Waals surface area (Å²) in [4.78, 5) is 22.6. The van der Waals surface area contributed by atoms with Gasteiger partial charge in [0, 0.05) is 0 Å². The summed E-state index contributed by atoms with van der Waals surface area (Å²) in [5.74, 6) is 0. The highest BCUT2D eigenvalue weighted by molar-refractivity contribution is 6.35.